The Kier molecular flexibility index (Phi) is 6.61. The molecule has 0 aliphatic carbocycles. The minimum Gasteiger partial charge on any atom is -0.492 e. The summed E-state index contributed by atoms with van der Waals surface area (Å²) in [4.78, 5) is 13.7. The molecule has 0 heterocycles. The first-order valence-electron chi connectivity index (χ1n) is 7.61. The van der Waals surface area contributed by atoms with Crippen LogP contribution in [-0.4, -0.2) is 31.1 Å². The van der Waals surface area contributed by atoms with Gasteiger partial charge in [0.2, 0.25) is 0 Å². The van der Waals surface area contributed by atoms with E-state index in [1.54, 1.807) is 24.1 Å². The Bertz CT molecular complexity index is 662. The lowest BCUT2D eigenvalue weighted by Crippen LogP contribution is -2.40. The Morgan fingerprint density at radius 1 is 1.21 bits per heavy atom. The van der Waals surface area contributed by atoms with Crippen molar-refractivity contribution in [2.24, 2.45) is 0 Å². The van der Waals surface area contributed by atoms with Gasteiger partial charge < -0.3 is 15.0 Å². The molecule has 24 heavy (non-hydrogen) atoms. The van der Waals surface area contributed by atoms with Crippen molar-refractivity contribution in [1.29, 1.82) is 0 Å². The van der Waals surface area contributed by atoms with Crippen molar-refractivity contribution in [3.05, 3.63) is 64.4 Å². The van der Waals surface area contributed by atoms with Gasteiger partial charge in [0, 0.05) is 11.5 Å². The van der Waals surface area contributed by atoms with Gasteiger partial charge in [0.25, 0.3) is 0 Å². The zero-order valence-electron chi connectivity index (χ0n) is 13.6. The molecule has 0 spiro atoms. The van der Waals surface area contributed by atoms with Crippen LogP contribution in [0.3, 0.4) is 0 Å². The molecule has 0 radical (unpaired) electrons. The van der Waals surface area contributed by atoms with Crippen LogP contribution in [0.2, 0.25) is 0 Å². The summed E-state index contributed by atoms with van der Waals surface area (Å²) < 4.78 is 19.3. The number of hydrogen-bond acceptors (Lipinski definition) is 2. The molecule has 0 aliphatic heterocycles. The molecule has 0 aromatic heterocycles. The van der Waals surface area contributed by atoms with Gasteiger partial charge >= 0.3 is 6.03 Å². The van der Waals surface area contributed by atoms with Crippen LogP contribution < -0.4 is 10.1 Å². The number of rotatable bonds is 6. The number of hydrogen-bond donors (Lipinski definition) is 1. The van der Waals surface area contributed by atoms with Gasteiger partial charge in [-0.25, -0.2) is 9.18 Å². The van der Waals surface area contributed by atoms with Crippen LogP contribution in [0.1, 0.15) is 18.5 Å². The molecule has 6 heteroatoms. The molecule has 2 aromatic rings. The number of ether oxygens (including phenoxy) is 1. The van der Waals surface area contributed by atoms with Crippen LogP contribution in [-0.2, 0) is 0 Å². The van der Waals surface area contributed by atoms with Crippen molar-refractivity contribution in [3.63, 3.8) is 0 Å². The summed E-state index contributed by atoms with van der Waals surface area (Å²) in [7, 11) is 1.71. The standard InChI is InChI=1S/C18H20BrFN2O2/c1-13(14-3-5-15(19)6-4-14)21-18(23)22(2)11-12-24-17-9-7-16(20)8-10-17/h3-10,13H,11-12H2,1-2H3,(H,21,23). The molecule has 0 bridgehead atoms. The molecule has 1 N–H and O–H groups in total. The van der Waals surface area contributed by atoms with Crippen LogP contribution >= 0.6 is 15.9 Å². The number of nitrogens with one attached hydrogen (secondary N) is 1. The Balaban J connectivity index is 1.77. The van der Waals surface area contributed by atoms with Crippen molar-refractivity contribution in [3.8, 4) is 5.75 Å². The summed E-state index contributed by atoms with van der Waals surface area (Å²) in [6, 6.07) is 13.3. The van der Waals surface area contributed by atoms with E-state index in [-0.39, 0.29) is 17.9 Å². The Hall–Kier alpha value is -2.08. The van der Waals surface area contributed by atoms with Gasteiger partial charge in [-0.2, -0.15) is 0 Å². The highest BCUT2D eigenvalue weighted by Crippen LogP contribution is 2.16. The first kappa shape index (κ1) is 18.3. The molecule has 128 valence electrons. The van der Waals surface area contributed by atoms with Gasteiger partial charge in [0.1, 0.15) is 18.2 Å². The predicted molar refractivity (Wildman–Crippen MR) is 95.6 cm³/mol. The smallest absolute Gasteiger partial charge is 0.317 e. The van der Waals surface area contributed by atoms with E-state index < -0.39 is 0 Å². The van der Waals surface area contributed by atoms with E-state index in [0.29, 0.717) is 18.9 Å². The molecule has 2 rings (SSSR count). The fraction of sp³-hybridized carbons (Fsp3) is 0.278. The normalized spacial score (nSPS) is 11.7. The number of benzene rings is 2. The van der Waals surface area contributed by atoms with Gasteiger partial charge in [0.15, 0.2) is 0 Å². The molecule has 4 nitrogen and oxygen atoms in total. The van der Waals surface area contributed by atoms with Crippen LogP contribution in [0.15, 0.2) is 53.0 Å². The molecule has 0 aliphatic rings. The first-order valence-corrected chi connectivity index (χ1v) is 8.40. The number of carbonyl (C=O) groups excluding carboxylic acids is 1. The Labute approximate surface area is 149 Å². The molecule has 2 aromatic carbocycles. The maximum absolute atomic E-state index is 12.8. The van der Waals surface area contributed by atoms with Crippen LogP contribution in [0.4, 0.5) is 9.18 Å². The SMILES string of the molecule is CC(NC(=O)N(C)CCOc1ccc(F)cc1)c1ccc(Br)cc1. The lowest BCUT2D eigenvalue weighted by molar-refractivity contribution is 0.192. The minimum atomic E-state index is -0.305. The van der Waals surface area contributed by atoms with E-state index in [9.17, 15) is 9.18 Å². The Morgan fingerprint density at radius 3 is 2.46 bits per heavy atom. The quantitative estimate of drug-likeness (QED) is 0.789. The average Bonchev–Trinajstić information content (AvgIpc) is 2.57. The molecule has 0 fully saturated rings. The zero-order chi connectivity index (χ0) is 17.5. The second kappa shape index (κ2) is 8.68. The number of urea groups is 1. The van der Waals surface area contributed by atoms with Crippen LogP contribution in [0.5, 0.6) is 5.75 Å². The van der Waals surface area contributed by atoms with Gasteiger partial charge in [-0.3, -0.25) is 0 Å². The van der Waals surface area contributed by atoms with E-state index in [4.69, 9.17) is 4.74 Å². The molecule has 2 amide bonds. The van der Waals surface area contributed by atoms with E-state index in [1.165, 1.54) is 12.1 Å². The number of amides is 2. The van der Waals surface area contributed by atoms with Gasteiger partial charge in [-0.05, 0) is 48.9 Å². The summed E-state index contributed by atoms with van der Waals surface area (Å²) in [6.45, 7) is 2.70. The van der Waals surface area contributed by atoms with Crippen molar-refractivity contribution >= 4 is 22.0 Å². The topological polar surface area (TPSA) is 41.6 Å². The second-order valence-electron chi connectivity index (χ2n) is 5.45. The molecular formula is C18H20BrFN2O2. The molecule has 1 atom stereocenters. The summed E-state index contributed by atoms with van der Waals surface area (Å²) in [5.74, 6) is 0.272. The van der Waals surface area contributed by atoms with Gasteiger partial charge in [-0.1, -0.05) is 28.1 Å². The maximum Gasteiger partial charge on any atom is 0.317 e. The summed E-state index contributed by atoms with van der Waals surface area (Å²) in [5.41, 5.74) is 1.03. The third-order valence-electron chi connectivity index (χ3n) is 3.57. The maximum atomic E-state index is 12.8. The van der Waals surface area contributed by atoms with Gasteiger partial charge in [0.05, 0.1) is 12.6 Å². The third-order valence-corrected chi connectivity index (χ3v) is 4.09. The van der Waals surface area contributed by atoms with Crippen molar-refractivity contribution in [2.75, 3.05) is 20.2 Å². The zero-order valence-corrected chi connectivity index (χ0v) is 15.2. The van der Waals surface area contributed by atoms with Crippen molar-refractivity contribution in [1.82, 2.24) is 10.2 Å². The summed E-state index contributed by atoms with van der Waals surface area (Å²) in [6.07, 6.45) is 0. The molecule has 0 saturated heterocycles. The highest BCUT2D eigenvalue weighted by Gasteiger charge is 2.13. The first-order chi connectivity index (χ1) is 11.5. The molecular weight excluding hydrogens is 375 g/mol. The highest BCUT2D eigenvalue weighted by molar-refractivity contribution is 9.10. The van der Waals surface area contributed by atoms with E-state index >= 15 is 0 Å². The van der Waals surface area contributed by atoms with E-state index in [2.05, 4.69) is 21.2 Å². The molecule has 0 saturated carbocycles. The highest BCUT2D eigenvalue weighted by atomic mass is 79.9. The average molecular weight is 395 g/mol. The number of carbonyl (C=O) groups is 1. The predicted octanol–water partition coefficient (Wildman–Crippen LogP) is 4.37. The summed E-state index contributed by atoms with van der Waals surface area (Å²) in [5, 5.41) is 2.94. The lowest BCUT2D eigenvalue weighted by atomic mass is 10.1. The number of likely N-dealkylation sites (N-methyl/N-ethyl adjacent to an activating group) is 1. The second-order valence-corrected chi connectivity index (χ2v) is 6.36. The fourth-order valence-electron chi connectivity index (χ4n) is 2.06. The van der Waals surface area contributed by atoms with Crippen molar-refractivity contribution in [2.45, 2.75) is 13.0 Å². The minimum absolute atomic E-state index is 0.0916. The number of nitrogens with zero attached hydrogens (tertiary/aromatic N) is 1. The summed E-state index contributed by atoms with van der Waals surface area (Å²) >= 11 is 3.39. The Morgan fingerprint density at radius 2 is 1.83 bits per heavy atom. The number of halogens is 2. The van der Waals surface area contributed by atoms with E-state index in [1.807, 2.05) is 31.2 Å². The fourth-order valence-corrected chi connectivity index (χ4v) is 2.33. The molecule has 1 unspecified atom stereocenters. The van der Waals surface area contributed by atoms with Crippen molar-refractivity contribution < 1.29 is 13.9 Å². The monoisotopic (exact) mass is 394 g/mol. The lowest BCUT2D eigenvalue weighted by Gasteiger charge is -2.21. The van der Waals surface area contributed by atoms with Crippen LogP contribution in [0, 0.1) is 5.82 Å². The van der Waals surface area contributed by atoms with Crippen LogP contribution in [0.25, 0.3) is 0 Å². The van der Waals surface area contributed by atoms with E-state index in [0.717, 1.165) is 10.0 Å². The largest absolute Gasteiger partial charge is 0.492 e. The third kappa shape index (κ3) is 5.53. The van der Waals surface area contributed by atoms with Gasteiger partial charge in [-0.15, -0.1) is 0 Å².